The van der Waals surface area contributed by atoms with Gasteiger partial charge in [0, 0.05) is 23.5 Å². The number of anilines is 2. The summed E-state index contributed by atoms with van der Waals surface area (Å²) in [5.41, 5.74) is -1.75. The number of amides is 2. The Morgan fingerprint density at radius 2 is 1.22 bits per heavy atom. The molecule has 2 N–H and O–H groups in total. The predicted octanol–water partition coefficient (Wildman–Crippen LogP) is 4.62. The quantitative estimate of drug-likeness (QED) is 0.578. The van der Waals surface area contributed by atoms with Gasteiger partial charge in [0.25, 0.3) is 11.8 Å². The van der Waals surface area contributed by atoms with Crippen LogP contribution in [0.15, 0.2) is 60.7 Å². The zero-order valence-corrected chi connectivity index (χ0v) is 17.0. The van der Waals surface area contributed by atoms with Crippen LogP contribution in [0.3, 0.4) is 0 Å². The molecule has 0 unspecified atom stereocenters. The lowest BCUT2D eigenvalue weighted by Gasteiger charge is -2.12. The van der Waals surface area contributed by atoms with E-state index >= 15 is 0 Å². The van der Waals surface area contributed by atoms with Crippen LogP contribution in [0.2, 0.25) is 0 Å². The molecule has 0 saturated heterocycles. The van der Waals surface area contributed by atoms with Crippen molar-refractivity contribution in [1.82, 2.24) is 4.98 Å². The van der Waals surface area contributed by atoms with Crippen molar-refractivity contribution in [3.8, 4) is 11.5 Å². The molecule has 1 aromatic heterocycles. The second kappa shape index (κ2) is 9.38. The number of pyridine rings is 1. The lowest BCUT2D eigenvalue weighted by atomic mass is 10.1. The molecule has 7 nitrogen and oxygen atoms in total. The fourth-order valence-electron chi connectivity index (χ4n) is 2.72. The van der Waals surface area contributed by atoms with Crippen molar-refractivity contribution >= 4 is 23.2 Å². The third-order valence-corrected chi connectivity index (χ3v) is 4.27. The molecule has 3 aromatic rings. The van der Waals surface area contributed by atoms with E-state index in [4.69, 9.17) is 9.47 Å². The number of benzene rings is 2. The molecule has 3 rings (SSSR count). The van der Waals surface area contributed by atoms with Gasteiger partial charge in [0.05, 0.1) is 19.8 Å². The van der Waals surface area contributed by atoms with Crippen molar-refractivity contribution in [3.63, 3.8) is 0 Å². The van der Waals surface area contributed by atoms with Gasteiger partial charge in [0.15, 0.2) is 0 Å². The number of carbonyl (C=O) groups is 2. The monoisotopic (exact) mass is 445 g/mol. The molecule has 0 bridgehead atoms. The number of nitrogens with zero attached hydrogens (tertiary/aromatic N) is 1. The molecular formula is C22H18F3N3O4. The molecule has 2 amide bonds. The molecule has 32 heavy (non-hydrogen) atoms. The summed E-state index contributed by atoms with van der Waals surface area (Å²) < 4.78 is 50.3. The number of methoxy groups -OCH3 is 2. The van der Waals surface area contributed by atoms with E-state index in [1.165, 1.54) is 38.5 Å². The van der Waals surface area contributed by atoms with E-state index in [0.717, 1.165) is 0 Å². The van der Waals surface area contributed by atoms with Crippen LogP contribution >= 0.6 is 0 Å². The minimum absolute atomic E-state index is 0.288. The Labute approximate surface area is 181 Å². The van der Waals surface area contributed by atoms with Gasteiger partial charge in [-0.3, -0.25) is 9.59 Å². The maximum atomic E-state index is 13.4. The SMILES string of the molecule is COc1cccc(NC(=O)c2cc(C(F)(F)F)cc(C(=O)Nc3cccc(OC)c3)n2)c1. The third kappa shape index (κ3) is 5.54. The molecule has 0 aliphatic heterocycles. The fourth-order valence-corrected chi connectivity index (χ4v) is 2.72. The average Bonchev–Trinajstić information content (AvgIpc) is 2.78. The van der Waals surface area contributed by atoms with E-state index in [9.17, 15) is 22.8 Å². The summed E-state index contributed by atoms with van der Waals surface area (Å²) in [4.78, 5) is 29.0. The molecule has 10 heteroatoms. The number of ether oxygens (including phenoxy) is 2. The molecule has 0 atom stereocenters. The summed E-state index contributed by atoms with van der Waals surface area (Å²) in [5.74, 6) is -0.948. The van der Waals surface area contributed by atoms with Gasteiger partial charge >= 0.3 is 6.18 Å². The maximum Gasteiger partial charge on any atom is 0.416 e. The van der Waals surface area contributed by atoms with Crippen LogP contribution in [0.1, 0.15) is 26.5 Å². The smallest absolute Gasteiger partial charge is 0.416 e. The summed E-state index contributed by atoms with van der Waals surface area (Å²) in [6, 6.07) is 13.7. The van der Waals surface area contributed by atoms with Crippen LogP contribution in [-0.2, 0) is 6.18 Å². The normalized spacial score (nSPS) is 10.9. The summed E-state index contributed by atoms with van der Waals surface area (Å²) in [6.07, 6.45) is -4.79. The Morgan fingerprint density at radius 1 is 0.781 bits per heavy atom. The first-order valence-electron chi connectivity index (χ1n) is 9.19. The van der Waals surface area contributed by atoms with E-state index in [-0.39, 0.29) is 11.4 Å². The highest BCUT2D eigenvalue weighted by Crippen LogP contribution is 2.30. The van der Waals surface area contributed by atoms with Crippen molar-refractivity contribution in [2.45, 2.75) is 6.18 Å². The minimum Gasteiger partial charge on any atom is -0.497 e. The van der Waals surface area contributed by atoms with Crippen molar-refractivity contribution in [2.75, 3.05) is 24.9 Å². The highest BCUT2D eigenvalue weighted by molar-refractivity contribution is 6.06. The van der Waals surface area contributed by atoms with E-state index in [1.807, 2.05) is 0 Å². The molecular weight excluding hydrogens is 427 g/mol. The number of alkyl halides is 3. The standard InChI is InChI=1S/C22H18F3N3O4/c1-31-16-7-3-5-14(11-16)26-20(29)18-9-13(22(23,24)25)10-19(28-18)21(30)27-15-6-4-8-17(12-15)32-2/h3-12H,1-2H3,(H,26,29)(H,27,30). The zero-order valence-electron chi connectivity index (χ0n) is 17.0. The number of halogens is 3. The van der Waals surface area contributed by atoms with E-state index < -0.39 is 34.9 Å². The maximum absolute atomic E-state index is 13.4. The number of hydrogen-bond donors (Lipinski definition) is 2. The van der Waals surface area contributed by atoms with Crippen LogP contribution in [-0.4, -0.2) is 31.0 Å². The molecule has 0 radical (unpaired) electrons. The molecule has 0 aliphatic rings. The van der Waals surface area contributed by atoms with Gasteiger partial charge in [-0.2, -0.15) is 13.2 Å². The molecule has 0 fully saturated rings. The van der Waals surface area contributed by atoms with Crippen LogP contribution in [0.5, 0.6) is 11.5 Å². The molecule has 0 spiro atoms. The topological polar surface area (TPSA) is 89.5 Å². The first-order valence-corrected chi connectivity index (χ1v) is 9.19. The Kier molecular flexibility index (Phi) is 6.62. The number of carbonyl (C=O) groups excluding carboxylic acids is 2. The zero-order chi connectivity index (χ0) is 23.3. The predicted molar refractivity (Wildman–Crippen MR) is 111 cm³/mol. The molecule has 166 valence electrons. The molecule has 1 heterocycles. The Balaban J connectivity index is 1.91. The van der Waals surface area contributed by atoms with E-state index in [2.05, 4.69) is 15.6 Å². The highest BCUT2D eigenvalue weighted by atomic mass is 19.4. The van der Waals surface area contributed by atoms with Gasteiger partial charge in [0.1, 0.15) is 22.9 Å². The number of nitrogens with one attached hydrogen (secondary N) is 2. The Hall–Kier alpha value is -4.08. The van der Waals surface area contributed by atoms with Crippen molar-refractivity contribution in [3.05, 3.63) is 77.6 Å². The number of rotatable bonds is 6. The Morgan fingerprint density at radius 3 is 1.59 bits per heavy atom. The summed E-state index contributed by atoms with van der Waals surface area (Å²) in [6.45, 7) is 0. The van der Waals surface area contributed by atoms with Gasteiger partial charge < -0.3 is 20.1 Å². The van der Waals surface area contributed by atoms with Crippen molar-refractivity contribution in [2.24, 2.45) is 0 Å². The van der Waals surface area contributed by atoms with Gasteiger partial charge in [-0.05, 0) is 36.4 Å². The molecule has 0 saturated carbocycles. The second-order valence-corrected chi connectivity index (χ2v) is 6.50. The highest BCUT2D eigenvalue weighted by Gasteiger charge is 2.33. The number of aromatic nitrogens is 1. The van der Waals surface area contributed by atoms with E-state index in [1.54, 1.807) is 24.3 Å². The first-order chi connectivity index (χ1) is 15.2. The van der Waals surface area contributed by atoms with Gasteiger partial charge in [-0.25, -0.2) is 4.98 Å². The van der Waals surface area contributed by atoms with Gasteiger partial charge in [-0.15, -0.1) is 0 Å². The second-order valence-electron chi connectivity index (χ2n) is 6.50. The van der Waals surface area contributed by atoms with Gasteiger partial charge in [-0.1, -0.05) is 12.1 Å². The lowest BCUT2D eigenvalue weighted by Crippen LogP contribution is -2.21. The molecule has 0 aliphatic carbocycles. The summed E-state index contributed by atoms with van der Waals surface area (Å²) in [5, 5.41) is 4.89. The summed E-state index contributed by atoms with van der Waals surface area (Å²) in [7, 11) is 2.87. The van der Waals surface area contributed by atoms with E-state index in [0.29, 0.717) is 23.6 Å². The fraction of sp³-hybridized carbons (Fsp3) is 0.136. The molecule has 2 aromatic carbocycles. The van der Waals surface area contributed by atoms with Crippen LogP contribution < -0.4 is 20.1 Å². The summed E-state index contributed by atoms with van der Waals surface area (Å²) >= 11 is 0. The van der Waals surface area contributed by atoms with Gasteiger partial charge in [0.2, 0.25) is 0 Å². The van der Waals surface area contributed by atoms with Crippen LogP contribution in [0, 0.1) is 0 Å². The largest absolute Gasteiger partial charge is 0.497 e. The minimum atomic E-state index is -4.79. The first kappa shape index (κ1) is 22.6. The Bertz CT molecular complexity index is 1070. The number of hydrogen-bond acceptors (Lipinski definition) is 5. The van der Waals surface area contributed by atoms with Crippen molar-refractivity contribution in [1.29, 1.82) is 0 Å². The van der Waals surface area contributed by atoms with Crippen molar-refractivity contribution < 1.29 is 32.2 Å². The van der Waals surface area contributed by atoms with Crippen LogP contribution in [0.25, 0.3) is 0 Å². The third-order valence-electron chi connectivity index (χ3n) is 4.27. The lowest BCUT2D eigenvalue weighted by molar-refractivity contribution is -0.137. The average molecular weight is 445 g/mol. The van der Waals surface area contributed by atoms with Crippen LogP contribution in [0.4, 0.5) is 24.5 Å².